The highest BCUT2D eigenvalue weighted by Gasteiger charge is 2.21. The lowest BCUT2D eigenvalue weighted by molar-refractivity contribution is 0.0981. The Morgan fingerprint density at radius 2 is 1.47 bits per heavy atom. The van der Waals surface area contributed by atoms with Gasteiger partial charge in [0.05, 0.1) is 0 Å². The SMILES string of the molecule is O=C(NSc1ccccc1)Nc1ccc(C(=O)NS(=O)(=O)c2ccccc2O)cc1. The van der Waals surface area contributed by atoms with Gasteiger partial charge >= 0.3 is 6.03 Å². The van der Waals surface area contributed by atoms with Crippen LogP contribution in [0.2, 0.25) is 0 Å². The van der Waals surface area contributed by atoms with Crippen LogP contribution >= 0.6 is 11.9 Å². The molecule has 0 aliphatic carbocycles. The summed E-state index contributed by atoms with van der Waals surface area (Å²) in [5.41, 5.74) is 0.486. The Labute approximate surface area is 177 Å². The zero-order valence-electron chi connectivity index (χ0n) is 15.4. The molecule has 0 saturated heterocycles. The second-order valence-electron chi connectivity index (χ2n) is 5.95. The first kappa shape index (κ1) is 21.2. The minimum Gasteiger partial charge on any atom is -0.507 e. The number of amides is 3. The maximum Gasteiger partial charge on any atom is 0.329 e. The molecular weight excluding hydrogens is 426 g/mol. The van der Waals surface area contributed by atoms with Gasteiger partial charge in [0.15, 0.2) is 0 Å². The highest BCUT2D eigenvalue weighted by atomic mass is 32.2. The molecule has 3 aromatic rings. The highest BCUT2D eigenvalue weighted by molar-refractivity contribution is 7.98. The molecule has 0 heterocycles. The molecule has 8 nitrogen and oxygen atoms in total. The van der Waals surface area contributed by atoms with Gasteiger partial charge in [-0.05, 0) is 60.5 Å². The van der Waals surface area contributed by atoms with E-state index >= 15 is 0 Å². The molecule has 0 fully saturated rings. The van der Waals surface area contributed by atoms with Crippen LogP contribution in [0.1, 0.15) is 10.4 Å². The van der Waals surface area contributed by atoms with Crippen LogP contribution in [0.5, 0.6) is 5.75 Å². The number of hydrogen-bond donors (Lipinski definition) is 4. The molecule has 0 bridgehead atoms. The number of para-hydroxylation sites is 1. The number of urea groups is 1. The molecule has 0 aliphatic rings. The Hall–Kier alpha value is -3.50. The molecular formula is C20H17N3O5S2. The standard InChI is InChI=1S/C20H17N3O5S2/c24-17-8-4-5-9-18(17)30(27,28)23-19(25)14-10-12-15(13-11-14)21-20(26)22-29-16-6-2-1-3-7-16/h1-13,24H,(H,23,25)(H2,21,22,26). The van der Waals surface area contributed by atoms with Crippen molar-refractivity contribution in [2.45, 2.75) is 9.79 Å². The molecule has 10 heteroatoms. The van der Waals surface area contributed by atoms with E-state index in [1.807, 2.05) is 35.1 Å². The van der Waals surface area contributed by atoms with Gasteiger partial charge in [0.25, 0.3) is 15.9 Å². The second kappa shape index (κ2) is 9.33. The van der Waals surface area contributed by atoms with Crippen LogP contribution < -0.4 is 14.8 Å². The minimum absolute atomic E-state index is 0.0682. The zero-order valence-corrected chi connectivity index (χ0v) is 17.0. The van der Waals surface area contributed by atoms with Crippen molar-refractivity contribution in [2.24, 2.45) is 0 Å². The summed E-state index contributed by atoms with van der Waals surface area (Å²) in [4.78, 5) is 24.7. The molecule has 0 unspecified atom stereocenters. The van der Waals surface area contributed by atoms with E-state index in [1.54, 1.807) is 0 Å². The first-order valence-corrected chi connectivity index (χ1v) is 10.9. The number of benzene rings is 3. The lowest BCUT2D eigenvalue weighted by Gasteiger charge is -2.09. The number of aromatic hydroxyl groups is 1. The summed E-state index contributed by atoms with van der Waals surface area (Å²) in [7, 11) is -4.23. The van der Waals surface area contributed by atoms with E-state index in [0.29, 0.717) is 5.69 Å². The van der Waals surface area contributed by atoms with Crippen LogP contribution in [0.4, 0.5) is 10.5 Å². The summed E-state index contributed by atoms with van der Waals surface area (Å²) in [6, 6.07) is 19.8. The van der Waals surface area contributed by atoms with Gasteiger partial charge < -0.3 is 10.4 Å². The van der Waals surface area contributed by atoms with E-state index in [-0.39, 0.29) is 5.56 Å². The molecule has 3 amide bonds. The molecule has 0 atom stereocenters. The number of rotatable bonds is 6. The van der Waals surface area contributed by atoms with Crippen molar-refractivity contribution in [1.29, 1.82) is 0 Å². The minimum atomic E-state index is -4.23. The first-order chi connectivity index (χ1) is 14.3. The van der Waals surface area contributed by atoms with Gasteiger partial charge in [-0.1, -0.05) is 30.3 Å². The van der Waals surface area contributed by atoms with Crippen LogP contribution in [-0.4, -0.2) is 25.5 Å². The van der Waals surface area contributed by atoms with Crippen molar-refractivity contribution in [3.05, 3.63) is 84.4 Å². The summed E-state index contributed by atoms with van der Waals surface area (Å²) in [5, 5.41) is 12.3. The van der Waals surface area contributed by atoms with Gasteiger partial charge in [-0.25, -0.2) is 17.9 Å². The lowest BCUT2D eigenvalue weighted by atomic mass is 10.2. The van der Waals surface area contributed by atoms with Crippen molar-refractivity contribution in [3.8, 4) is 5.75 Å². The van der Waals surface area contributed by atoms with Gasteiger partial charge in [-0.3, -0.25) is 9.52 Å². The average molecular weight is 444 g/mol. The Morgan fingerprint density at radius 1 is 0.833 bits per heavy atom. The fraction of sp³-hybridized carbons (Fsp3) is 0. The fourth-order valence-electron chi connectivity index (χ4n) is 2.38. The van der Waals surface area contributed by atoms with Crippen LogP contribution in [0.15, 0.2) is 88.7 Å². The monoisotopic (exact) mass is 443 g/mol. The summed E-state index contributed by atoms with van der Waals surface area (Å²) in [5.74, 6) is -1.33. The van der Waals surface area contributed by atoms with Crippen LogP contribution in [-0.2, 0) is 10.0 Å². The van der Waals surface area contributed by atoms with Gasteiger partial charge in [-0.2, -0.15) is 0 Å². The Morgan fingerprint density at radius 3 is 2.13 bits per heavy atom. The molecule has 0 radical (unpaired) electrons. The number of sulfonamides is 1. The molecule has 4 N–H and O–H groups in total. The molecule has 154 valence electrons. The lowest BCUT2D eigenvalue weighted by Crippen LogP contribution is -2.30. The third kappa shape index (κ3) is 5.52. The quantitative estimate of drug-likeness (QED) is 0.433. The Balaban J connectivity index is 1.59. The van der Waals surface area contributed by atoms with E-state index < -0.39 is 32.6 Å². The number of phenolic OH excluding ortho intramolecular Hbond substituents is 1. The maximum atomic E-state index is 12.3. The van der Waals surface area contributed by atoms with E-state index in [9.17, 15) is 23.1 Å². The third-order valence-corrected chi connectivity index (χ3v) is 5.97. The Kier molecular flexibility index (Phi) is 6.60. The molecule has 30 heavy (non-hydrogen) atoms. The summed E-state index contributed by atoms with van der Waals surface area (Å²) < 4.78 is 29.1. The van der Waals surface area contributed by atoms with Gasteiger partial charge in [0, 0.05) is 16.1 Å². The molecule has 3 aromatic carbocycles. The maximum absolute atomic E-state index is 12.3. The van der Waals surface area contributed by atoms with Crippen LogP contribution in [0.25, 0.3) is 0 Å². The molecule has 0 aliphatic heterocycles. The number of carbonyl (C=O) groups is 2. The molecule has 3 rings (SSSR count). The number of nitrogens with one attached hydrogen (secondary N) is 3. The van der Waals surface area contributed by atoms with E-state index in [0.717, 1.165) is 16.8 Å². The van der Waals surface area contributed by atoms with E-state index in [4.69, 9.17) is 0 Å². The predicted octanol–water partition coefficient (Wildman–Crippen LogP) is 3.34. The smallest absolute Gasteiger partial charge is 0.329 e. The zero-order chi connectivity index (χ0) is 21.6. The number of hydrogen-bond acceptors (Lipinski definition) is 6. The molecule has 0 saturated carbocycles. The van der Waals surface area contributed by atoms with Crippen molar-refractivity contribution in [1.82, 2.24) is 9.44 Å². The third-order valence-electron chi connectivity index (χ3n) is 3.79. The largest absolute Gasteiger partial charge is 0.507 e. The normalized spacial score (nSPS) is 10.8. The summed E-state index contributed by atoms with van der Waals surface area (Å²) >= 11 is 1.15. The predicted molar refractivity (Wildman–Crippen MR) is 114 cm³/mol. The Bertz CT molecular complexity index is 1150. The number of anilines is 1. The first-order valence-electron chi connectivity index (χ1n) is 8.59. The summed E-state index contributed by atoms with van der Waals surface area (Å²) in [6.45, 7) is 0. The van der Waals surface area contributed by atoms with Crippen molar-refractivity contribution < 1.29 is 23.1 Å². The fourth-order valence-corrected chi connectivity index (χ4v) is 4.00. The van der Waals surface area contributed by atoms with Crippen molar-refractivity contribution >= 4 is 39.6 Å². The second-order valence-corrected chi connectivity index (χ2v) is 8.48. The van der Waals surface area contributed by atoms with Gasteiger partial charge in [-0.15, -0.1) is 0 Å². The van der Waals surface area contributed by atoms with E-state index in [1.165, 1.54) is 48.5 Å². The van der Waals surface area contributed by atoms with Gasteiger partial charge in [0.2, 0.25) is 0 Å². The van der Waals surface area contributed by atoms with Crippen molar-refractivity contribution in [2.75, 3.05) is 5.32 Å². The molecule has 0 spiro atoms. The van der Waals surface area contributed by atoms with E-state index in [2.05, 4.69) is 10.0 Å². The van der Waals surface area contributed by atoms with Crippen LogP contribution in [0, 0.1) is 0 Å². The van der Waals surface area contributed by atoms with Gasteiger partial charge in [0.1, 0.15) is 10.6 Å². The average Bonchev–Trinajstić information content (AvgIpc) is 2.73. The number of carbonyl (C=O) groups excluding carboxylic acids is 2. The number of phenols is 1. The topological polar surface area (TPSA) is 125 Å². The molecule has 0 aromatic heterocycles. The van der Waals surface area contributed by atoms with Crippen LogP contribution in [0.3, 0.4) is 0 Å². The van der Waals surface area contributed by atoms with Crippen molar-refractivity contribution in [3.63, 3.8) is 0 Å². The summed E-state index contributed by atoms with van der Waals surface area (Å²) in [6.07, 6.45) is 0. The highest BCUT2D eigenvalue weighted by Crippen LogP contribution is 2.21.